The third-order valence-corrected chi connectivity index (χ3v) is 3.67. The maximum absolute atomic E-state index is 11.9. The van der Waals surface area contributed by atoms with Crippen molar-refractivity contribution in [3.63, 3.8) is 0 Å². The fourth-order valence-electron chi connectivity index (χ4n) is 2.17. The molecule has 0 fully saturated rings. The first-order chi connectivity index (χ1) is 12.2. The highest BCUT2D eigenvalue weighted by Gasteiger charge is 2.20. The predicted octanol–water partition coefficient (Wildman–Crippen LogP) is 3.80. The van der Waals surface area contributed by atoms with Gasteiger partial charge in [0.25, 0.3) is 0 Å². The van der Waals surface area contributed by atoms with Gasteiger partial charge in [-0.05, 0) is 23.8 Å². The second-order valence-electron chi connectivity index (χ2n) is 5.10. The highest BCUT2D eigenvalue weighted by Crippen LogP contribution is 2.30. The molecule has 130 valence electrons. The molecule has 0 unspecified atom stereocenters. The Morgan fingerprint density at radius 3 is 2.80 bits per heavy atom. The molecule has 0 spiro atoms. The minimum atomic E-state index is -0.558. The zero-order valence-electron chi connectivity index (χ0n) is 13.4. The zero-order valence-corrected chi connectivity index (χ0v) is 14.2. The second kappa shape index (κ2) is 7.76. The number of halogens is 1. The summed E-state index contributed by atoms with van der Waals surface area (Å²) in [5.41, 5.74) is 2.06. The number of hydrogen-bond donors (Lipinski definition) is 1. The largest absolute Gasteiger partial charge is 0.453 e. The first-order valence-corrected chi connectivity index (χ1v) is 7.83. The molecule has 0 atom stereocenters. The van der Waals surface area contributed by atoms with E-state index < -0.39 is 6.09 Å². The van der Waals surface area contributed by atoms with Crippen molar-refractivity contribution >= 4 is 35.2 Å². The molecule has 0 saturated heterocycles. The van der Waals surface area contributed by atoms with Gasteiger partial charge >= 0.3 is 12.2 Å². The van der Waals surface area contributed by atoms with E-state index in [0.29, 0.717) is 16.4 Å². The highest BCUT2D eigenvalue weighted by atomic mass is 35.5. The summed E-state index contributed by atoms with van der Waals surface area (Å²) in [4.78, 5) is 11.9. The van der Waals surface area contributed by atoms with E-state index in [4.69, 9.17) is 25.8 Å². The molecule has 1 aliphatic heterocycles. The van der Waals surface area contributed by atoms with E-state index in [9.17, 15) is 4.79 Å². The summed E-state index contributed by atoms with van der Waals surface area (Å²) in [6, 6.07) is 14.5. The van der Waals surface area contributed by atoms with Gasteiger partial charge in [0.2, 0.25) is 0 Å². The number of ether oxygens (including phenoxy) is 3. The molecule has 1 N–H and O–H groups in total. The standard InChI is InChI=1S/C17H16ClN3O4/c1-23-17-20-21(11-25-17)15-8-7-13(9-14(15)18)19-16(22)24-10-12-5-3-2-4-6-12/h2-9H,10-11H2,1H3,(H,19,22). The van der Waals surface area contributed by atoms with Crippen LogP contribution in [-0.2, 0) is 20.8 Å². The Hall–Kier alpha value is -2.93. The van der Waals surface area contributed by atoms with Crippen molar-refractivity contribution in [2.75, 3.05) is 24.2 Å². The van der Waals surface area contributed by atoms with Crippen LogP contribution in [0.1, 0.15) is 5.56 Å². The summed E-state index contributed by atoms with van der Waals surface area (Å²) in [7, 11) is 1.47. The van der Waals surface area contributed by atoms with Crippen LogP contribution in [0.2, 0.25) is 5.02 Å². The van der Waals surface area contributed by atoms with Crippen molar-refractivity contribution < 1.29 is 19.0 Å². The first-order valence-electron chi connectivity index (χ1n) is 7.46. The summed E-state index contributed by atoms with van der Waals surface area (Å²) in [5, 5.41) is 8.70. The van der Waals surface area contributed by atoms with Gasteiger partial charge in [0.1, 0.15) is 6.61 Å². The number of methoxy groups -OCH3 is 1. The highest BCUT2D eigenvalue weighted by molar-refractivity contribution is 6.33. The van der Waals surface area contributed by atoms with Gasteiger partial charge in [0.15, 0.2) is 6.73 Å². The molecule has 2 aromatic rings. The zero-order chi connectivity index (χ0) is 17.6. The van der Waals surface area contributed by atoms with Gasteiger partial charge in [-0.15, -0.1) is 0 Å². The molecule has 2 aromatic carbocycles. The van der Waals surface area contributed by atoms with Crippen LogP contribution >= 0.6 is 11.6 Å². The van der Waals surface area contributed by atoms with Crippen LogP contribution < -0.4 is 10.3 Å². The van der Waals surface area contributed by atoms with E-state index in [1.807, 2.05) is 30.3 Å². The number of rotatable bonds is 4. The van der Waals surface area contributed by atoms with Crippen molar-refractivity contribution in [1.29, 1.82) is 0 Å². The maximum atomic E-state index is 11.9. The van der Waals surface area contributed by atoms with Crippen molar-refractivity contribution in [3.05, 3.63) is 59.1 Å². The molecule has 3 rings (SSSR count). The Labute approximate surface area is 149 Å². The number of carbonyl (C=O) groups excluding carboxylic acids is 1. The molecule has 1 amide bonds. The molecule has 7 nitrogen and oxygen atoms in total. The van der Waals surface area contributed by atoms with Gasteiger partial charge in [-0.1, -0.05) is 47.0 Å². The molecule has 0 bridgehead atoms. The van der Waals surface area contributed by atoms with Crippen LogP contribution in [0.4, 0.5) is 16.2 Å². The first kappa shape index (κ1) is 16.9. The normalized spacial score (nSPS) is 13.0. The molecule has 0 radical (unpaired) electrons. The molecule has 8 heteroatoms. The van der Waals surface area contributed by atoms with Gasteiger partial charge in [-0.25, -0.2) is 9.80 Å². The van der Waals surface area contributed by atoms with E-state index in [1.54, 1.807) is 23.2 Å². The third kappa shape index (κ3) is 4.33. The van der Waals surface area contributed by atoms with Gasteiger partial charge in [-0.2, -0.15) is 0 Å². The van der Waals surface area contributed by atoms with Crippen LogP contribution in [-0.4, -0.2) is 26.0 Å². The number of nitrogens with one attached hydrogen (secondary N) is 1. The monoisotopic (exact) mass is 361 g/mol. The number of hydrazone groups is 1. The van der Waals surface area contributed by atoms with Crippen molar-refractivity contribution in [3.8, 4) is 0 Å². The average molecular weight is 362 g/mol. The van der Waals surface area contributed by atoms with Crippen LogP contribution in [0.25, 0.3) is 0 Å². The maximum Gasteiger partial charge on any atom is 0.411 e. The Bertz CT molecular complexity index is 783. The third-order valence-electron chi connectivity index (χ3n) is 3.37. The number of benzene rings is 2. The summed E-state index contributed by atoms with van der Waals surface area (Å²) >= 11 is 6.26. The summed E-state index contributed by atoms with van der Waals surface area (Å²) in [6.45, 7) is 0.396. The fourth-order valence-corrected chi connectivity index (χ4v) is 2.44. The SMILES string of the molecule is COC1=NN(c2ccc(NC(=O)OCc3ccccc3)cc2Cl)CO1. The van der Waals surface area contributed by atoms with Crippen LogP contribution in [0.15, 0.2) is 53.6 Å². The lowest BCUT2D eigenvalue weighted by atomic mass is 10.2. The number of hydrogen-bond acceptors (Lipinski definition) is 6. The van der Waals surface area contributed by atoms with Crippen molar-refractivity contribution in [1.82, 2.24) is 0 Å². The lowest BCUT2D eigenvalue weighted by Crippen LogP contribution is -2.15. The lowest BCUT2D eigenvalue weighted by Gasteiger charge is -2.14. The average Bonchev–Trinajstić information content (AvgIpc) is 3.10. The van der Waals surface area contributed by atoms with Crippen molar-refractivity contribution in [2.24, 2.45) is 5.10 Å². The van der Waals surface area contributed by atoms with Gasteiger partial charge in [0.05, 0.1) is 17.8 Å². The number of amides is 1. The predicted molar refractivity (Wildman–Crippen MR) is 94.6 cm³/mol. The quantitative estimate of drug-likeness (QED) is 0.896. The smallest absolute Gasteiger partial charge is 0.411 e. The van der Waals surface area contributed by atoms with E-state index in [1.165, 1.54) is 7.11 Å². The van der Waals surface area contributed by atoms with Gasteiger partial charge in [0, 0.05) is 5.69 Å². The summed E-state index contributed by atoms with van der Waals surface area (Å²) < 4.78 is 15.3. The fraction of sp³-hybridized carbons (Fsp3) is 0.176. The summed E-state index contributed by atoms with van der Waals surface area (Å²) in [6.07, 6.45) is -0.389. The molecule has 0 aliphatic carbocycles. The topological polar surface area (TPSA) is 72.4 Å². The van der Waals surface area contributed by atoms with E-state index in [2.05, 4.69) is 10.4 Å². The number of nitrogens with zero attached hydrogens (tertiary/aromatic N) is 2. The van der Waals surface area contributed by atoms with Crippen LogP contribution in [0, 0.1) is 0 Å². The second-order valence-corrected chi connectivity index (χ2v) is 5.50. The van der Waals surface area contributed by atoms with Crippen molar-refractivity contribution in [2.45, 2.75) is 6.61 Å². The van der Waals surface area contributed by atoms with Gasteiger partial charge < -0.3 is 14.2 Å². The number of carbonyl (C=O) groups is 1. The van der Waals surface area contributed by atoms with Crippen LogP contribution in [0.3, 0.4) is 0 Å². The Balaban J connectivity index is 1.59. The molecular formula is C17H16ClN3O4. The Morgan fingerprint density at radius 2 is 2.12 bits per heavy atom. The molecule has 25 heavy (non-hydrogen) atoms. The van der Waals surface area contributed by atoms with Gasteiger partial charge in [-0.3, -0.25) is 5.32 Å². The molecule has 1 heterocycles. The molecule has 1 aliphatic rings. The minimum absolute atomic E-state index is 0.169. The Morgan fingerprint density at radius 1 is 1.32 bits per heavy atom. The minimum Gasteiger partial charge on any atom is -0.453 e. The van der Waals surface area contributed by atoms with E-state index >= 15 is 0 Å². The number of anilines is 2. The summed E-state index contributed by atoms with van der Waals surface area (Å²) in [5.74, 6) is 0. The van der Waals surface area contributed by atoms with E-state index in [0.717, 1.165) is 5.56 Å². The molecular weight excluding hydrogens is 346 g/mol. The van der Waals surface area contributed by atoms with E-state index in [-0.39, 0.29) is 19.4 Å². The molecule has 0 saturated carbocycles. The molecule has 0 aromatic heterocycles. The van der Waals surface area contributed by atoms with Crippen LogP contribution in [0.5, 0.6) is 0 Å². The lowest BCUT2D eigenvalue weighted by molar-refractivity contribution is 0.155. The Kier molecular flexibility index (Phi) is 5.25.